The molecule has 0 bridgehead atoms. The van der Waals surface area contributed by atoms with Crippen molar-refractivity contribution in [3.63, 3.8) is 0 Å². The van der Waals surface area contributed by atoms with Gasteiger partial charge < -0.3 is 18.3 Å². The molecule has 0 radical (unpaired) electrons. The SMILES string of the molecule is Cc1c(OC(=O)c2cc3cc(Br)ccc3o2)ccc2c1O/C(=C\c1ccco1)C2=O. The summed E-state index contributed by atoms with van der Waals surface area (Å²) in [4.78, 5) is 25.2. The van der Waals surface area contributed by atoms with Gasteiger partial charge in [-0.15, -0.1) is 0 Å². The van der Waals surface area contributed by atoms with Gasteiger partial charge in [-0.05, 0) is 55.5 Å². The molecular weight excluding hydrogens is 452 g/mol. The van der Waals surface area contributed by atoms with E-state index in [2.05, 4.69) is 15.9 Å². The third-order valence-electron chi connectivity index (χ3n) is 4.74. The lowest BCUT2D eigenvalue weighted by Crippen LogP contribution is -2.08. The zero-order valence-corrected chi connectivity index (χ0v) is 17.2. The molecule has 0 unspecified atom stereocenters. The second-order valence-corrected chi connectivity index (χ2v) is 7.62. The smallest absolute Gasteiger partial charge is 0.379 e. The summed E-state index contributed by atoms with van der Waals surface area (Å²) in [5.41, 5.74) is 1.52. The summed E-state index contributed by atoms with van der Waals surface area (Å²) in [5, 5.41) is 0.781. The number of Topliss-reactive ketones (excluding diaryl/α,β-unsaturated/α-hetero) is 1. The first-order chi connectivity index (χ1) is 14.5. The molecule has 0 amide bonds. The highest BCUT2D eigenvalue weighted by Crippen LogP contribution is 2.39. The van der Waals surface area contributed by atoms with E-state index in [-0.39, 0.29) is 23.1 Å². The number of hydrogen-bond donors (Lipinski definition) is 0. The molecule has 30 heavy (non-hydrogen) atoms. The molecule has 1 aliphatic rings. The van der Waals surface area contributed by atoms with Crippen LogP contribution < -0.4 is 9.47 Å². The lowest BCUT2D eigenvalue weighted by Gasteiger charge is -2.09. The lowest BCUT2D eigenvalue weighted by atomic mass is 10.1. The van der Waals surface area contributed by atoms with Gasteiger partial charge in [0.25, 0.3) is 0 Å². The van der Waals surface area contributed by atoms with E-state index in [0.29, 0.717) is 28.2 Å². The number of esters is 1. The first kappa shape index (κ1) is 18.4. The number of carbonyl (C=O) groups is 2. The third-order valence-corrected chi connectivity index (χ3v) is 5.23. The van der Waals surface area contributed by atoms with Crippen molar-refractivity contribution >= 4 is 44.7 Å². The second kappa shape index (κ2) is 7.03. The van der Waals surface area contributed by atoms with Crippen LogP contribution in [0.25, 0.3) is 17.0 Å². The van der Waals surface area contributed by atoms with Gasteiger partial charge in [0.2, 0.25) is 11.5 Å². The predicted octanol–water partition coefficient (Wildman–Crippen LogP) is 5.93. The van der Waals surface area contributed by atoms with Crippen LogP contribution in [0.2, 0.25) is 0 Å². The number of rotatable bonds is 3. The van der Waals surface area contributed by atoms with Crippen LogP contribution in [0.4, 0.5) is 0 Å². The molecule has 0 saturated heterocycles. The van der Waals surface area contributed by atoms with Crippen LogP contribution in [-0.4, -0.2) is 11.8 Å². The number of ketones is 1. The van der Waals surface area contributed by atoms with Crippen molar-refractivity contribution in [2.45, 2.75) is 6.92 Å². The number of fused-ring (bicyclic) bond motifs is 2. The Morgan fingerprint density at radius 3 is 2.80 bits per heavy atom. The standard InChI is InChI=1S/C23H13BrO6/c1-12-17(30-23(26)20-10-13-9-14(24)4-6-18(13)28-20)7-5-16-21(25)19(29-22(12)16)11-15-3-2-8-27-15/h2-11H,1H3/b19-11-. The first-order valence-corrected chi connectivity index (χ1v) is 9.81. The number of ether oxygens (including phenoxy) is 2. The highest BCUT2D eigenvalue weighted by Gasteiger charge is 2.31. The number of furan rings is 2. The average molecular weight is 465 g/mol. The Bertz CT molecular complexity index is 1340. The largest absolute Gasteiger partial charge is 0.465 e. The summed E-state index contributed by atoms with van der Waals surface area (Å²) in [5.74, 6) is 0.482. The Hall–Kier alpha value is -3.58. The summed E-state index contributed by atoms with van der Waals surface area (Å²) in [6.45, 7) is 1.72. The molecule has 0 saturated carbocycles. The monoisotopic (exact) mass is 464 g/mol. The molecule has 0 atom stereocenters. The van der Waals surface area contributed by atoms with Crippen LogP contribution >= 0.6 is 15.9 Å². The molecule has 1 aliphatic heterocycles. The van der Waals surface area contributed by atoms with Crippen molar-refractivity contribution in [1.82, 2.24) is 0 Å². The van der Waals surface area contributed by atoms with E-state index in [9.17, 15) is 9.59 Å². The van der Waals surface area contributed by atoms with Crippen LogP contribution in [0.15, 0.2) is 73.9 Å². The third kappa shape index (κ3) is 3.13. The zero-order chi connectivity index (χ0) is 20.8. The van der Waals surface area contributed by atoms with Gasteiger partial charge in [-0.25, -0.2) is 4.79 Å². The van der Waals surface area contributed by atoms with Crippen molar-refractivity contribution in [2.75, 3.05) is 0 Å². The molecule has 148 valence electrons. The maximum atomic E-state index is 12.6. The molecule has 2 aromatic heterocycles. The first-order valence-electron chi connectivity index (χ1n) is 9.02. The van der Waals surface area contributed by atoms with Crippen molar-refractivity contribution in [2.24, 2.45) is 0 Å². The molecule has 0 N–H and O–H groups in total. The maximum absolute atomic E-state index is 12.6. The van der Waals surface area contributed by atoms with Crippen molar-refractivity contribution in [3.8, 4) is 11.5 Å². The Morgan fingerprint density at radius 1 is 1.13 bits per heavy atom. The highest BCUT2D eigenvalue weighted by atomic mass is 79.9. The minimum Gasteiger partial charge on any atom is -0.465 e. The molecule has 5 rings (SSSR count). The zero-order valence-electron chi connectivity index (χ0n) is 15.6. The molecule has 0 spiro atoms. The fraction of sp³-hybridized carbons (Fsp3) is 0.0435. The van der Waals surface area contributed by atoms with E-state index in [1.807, 2.05) is 12.1 Å². The molecule has 6 nitrogen and oxygen atoms in total. The van der Waals surface area contributed by atoms with Crippen LogP contribution in [-0.2, 0) is 0 Å². The molecular formula is C23H13BrO6. The van der Waals surface area contributed by atoms with Gasteiger partial charge in [0, 0.05) is 21.5 Å². The highest BCUT2D eigenvalue weighted by molar-refractivity contribution is 9.10. The number of halogens is 1. The molecule has 3 heterocycles. The number of allylic oxidation sites excluding steroid dienone is 1. The average Bonchev–Trinajstić information content (AvgIpc) is 3.45. The van der Waals surface area contributed by atoms with Gasteiger partial charge in [0.1, 0.15) is 22.8 Å². The second-order valence-electron chi connectivity index (χ2n) is 6.70. The van der Waals surface area contributed by atoms with Gasteiger partial charge in [0.05, 0.1) is 11.8 Å². The van der Waals surface area contributed by atoms with Crippen LogP contribution in [0.5, 0.6) is 11.5 Å². The minimum atomic E-state index is -0.638. The molecule has 4 aromatic rings. The van der Waals surface area contributed by atoms with Crippen LogP contribution in [0.1, 0.15) is 32.2 Å². The van der Waals surface area contributed by atoms with Crippen LogP contribution in [0.3, 0.4) is 0 Å². The quantitative estimate of drug-likeness (QED) is 0.212. The van der Waals surface area contributed by atoms with Gasteiger partial charge in [0.15, 0.2) is 5.76 Å². The Kier molecular flexibility index (Phi) is 4.33. The Balaban J connectivity index is 1.43. The van der Waals surface area contributed by atoms with Crippen molar-refractivity contribution < 1.29 is 27.9 Å². The summed E-state index contributed by atoms with van der Waals surface area (Å²) in [6.07, 6.45) is 3.04. The summed E-state index contributed by atoms with van der Waals surface area (Å²) in [6, 6.07) is 13.7. The number of hydrogen-bond acceptors (Lipinski definition) is 6. The Labute approximate surface area is 178 Å². The van der Waals surface area contributed by atoms with E-state index in [1.54, 1.807) is 43.3 Å². The lowest BCUT2D eigenvalue weighted by molar-refractivity contribution is 0.0702. The maximum Gasteiger partial charge on any atom is 0.379 e. The fourth-order valence-electron chi connectivity index (χ4n) is 3.25. The summed E-state index contributed by atoms with van der Waals surface area (Å²) >= 11 is 3.39. The fourth-order valence-corrected chi connectivity index (χ4v) is 3.62. The number of benzene rings is 2. The van der Waals surface area contributed by atoms with Gasteiger partial charge in [-0.2, -0.15) is 0 Å². The van der Waals surface area contributed by atoms with E-state index < -0.39 is 5.97 Å². The summed E-state index contributed by atoms with van der Waals surface area (Å²) < 4.78 is 23.0. The van der Waals surface area contributed by atoms with E-state index in [1.165, 1.54) is 12.3 Å². The minimum absolute atomic E-state index is 0.0818. The van der Waals surface area contributed by atoms with Gasteiger partial charge in [-0.3, -0.25) is 4.79 Å². The predicted molar refractivity (Wildman–Crippen MR) is 112 cm³/mol. The number of carbonyl (C=O) groups excluding carboxylic acids is 2. The molecule has 2 aromatic carbocycles. The van der Waals surface area contributed by atoms with Crippen molar-refractivity contribution in [3.05, 3.63) is 87.7 Å². The van der Waals surface area contributed by atoms with Crippen LogP contribution in [0, 0.1) is 6.92 Å². The van der Waals surface area contributed by atoms with Crippen molar-refractivity contribution in [1.29, 1.82) is 0 Å². The summed E-state index contributed by atoms with van der Waals surface area (Å²) in [7, 11) is 0. The topological polar surface area (TPSA) is 78.9 Å². The molecule has 0 aliphatic carbocycles. The van der Waals surface area contributed by atoms with E-state index >= 15 is 0 Å². The molecule has 7 heteroatoms. The van der Waals surface area contributed by atoms with Gasteiger partial charge in [-0.1, -0.05) is 15.9 Å². The normalized spacial score (nSPS) is 14.2. The Morgan fingerprint density at radius 2 is 2.00 bits per heavy atom. The van der Waals surface area contributed by atoms with E-state index in [4.69, 9.17) is 18.3 Å². The van der Waals surface area contributed by atoms with E-state index in [0.717, 1.165) is 9.86 Å². The molecule has 0 fully saturated rings. The van der Waals surface area contributed by atoms with Gasteiger partial charge >= 0.3 is 5.97 Å².